The van der Waals surface area contributed by atoms with Crippen LogP contribution in [0, 0.1) is 3.57 Å². The number of carbonyl (C=O) groups excluding carboxylic acids is 1. The number of esters is 1. The van der Waals surface area contributed by atoms with Crippen LogP contribution in [0.3, 0.4) is 0 Å². The smallest absolute Gasteiger partial charge is 0.310 e. The molecule has 0 aromatic heterocycles. The van der Waals surface area contributed by atoms with Gasteiger partial charge in [0.25, 0.3) is 0 Å². The topological polar surface area (TPSA) is 26.3 Å². The molecule has 0 unspecified atom stereocenters. The maximum atomic E-state index is 11.0. The molecular formula is C9H7Cl2IO2. The zero-order valence-corrected chi connectivity index (χ0v) is 11.0. The average molecular weight is 345 g/mol. The highest BCUT2D eigenvalue weighted by Gasteiger charge is 2.09. The van der Waals surface area contributed by atoms with Gasteiger partial charge in [0, 0.05) is 8.59 Å². The summed E-state index contributed by atoms with van der Waals surface area (Å²) >= 11 is 13.8. The molecule has 0 aliphatic rings. The molecule has 76 valence electrons. The van der Waals surface area contributed by atoms with Crippen molar-refractivity contribution in [1.29, 1.82) is 0 Å². The normalized spacial score (nSPS) is 10.0. The third-order valence-corrected chi connectivity index (χ3v) is 3.53. The fourth-order valence-corrected chi connectivity index (χ4v) is 1.91. The van der Waals surface area contributed by atoms with Crippen molar-refractivity contribution in [3.05, 3.63) is 31.3 Å². The van der Waals surface area contributed by atoms with Crippen molar-refractivity contribution in [3.63, 3.8) is 0 Å². The van der Waals surface area contributed by atoms with Crippen LogP contribution in [0.15, 0.2) is 12.1 Å². The standard InChI is InChI=1S/C9H7Cl2IO2/c1-14-9(13)3-5-2-8(12)7(11)4-6(5)10/h2,4H,3H2,1H3. The predicted octanol–water partition coefficient (Wildman–Crippen LogP) is 3.31. The minimum atomic E-state index is -0.315. The van der Waals surface area contributed by atoms with Crippen LogP contribution < -0.4 is 0 Å². The Kier molecular flexibility index (Phi) is 4.47. The zero-order chi connectivity index (χ0) is 10.7. The molecule has 0 fully saturated rings. The molecule has 1 aromatic carbocycles. The van der Waals surface area contributed by atoms with E-state index in [0.717, 1.165) is 9.13 Å². The summed E-state index contributed by atoms with van der Waals surface area (Å²) in [4.78, 5) is 11.0. The molecule has 0 atom stereocenters. The summed E-state index contributed by atoms with van der Waals surface area (Å²) in [5, 5.41) is 1.07. The van der Waals surface area contributed by atoms with Crippen LogP contribution in [0.5, 0.6) is 0 Å². The highest BCUT2D eigenvalue weighted by molar-refractivity contribution is 14.1. The molecule has 0 amide bonds. The summed E-state index contributed by atoms with van der Waals surface area (Å²) in [6, 6.07) is 3.41. The van der Waals surface area contributed by atoms with E-state index in [2.05, 4.69) is 27.3 Å². The second kappa shape index (κ2) is 5.19. The monoisotopic (exact) mass is 344 g/mol. The third kappa shape index (κ3) is 3.00. The Morgan fingerprint density at radius 2 is 2.07 bits per heavy atom. The van der Waals surface area contributed by atoms with E-state index in [1.54, 1.807) is 12.1 Å². The molecule has 0 heterocycles. The van der Waals surface area contributed by atoms with Gasteiger partial charge in [-0.05, 0) is 40.3 Å². The van der Waals surface area contributed by atoms with Crippen LogP contribution in [-0.4, -0.2) is 13.1 Å². The van der Waals surface area contributed by atoms with Crippen molar-refractivity contribution in [3.8, 4) is 0 Å². The quantitative estimate of drug-likeness (QED) is 0.467. The van der Waals surface area contributed by atoms with Crippen LogP contribution in [0.25, 0.3) is 0 Å². The number of hydrogen-bond acceptors (Lipinski definition) is 2. The second-order valence-corrected chi connectivity index (χ2v) is 4.59. The molecule has 0 radical (unpaired) electrons. The summed E-state index contributed by atoms with van der Waals surface area (Å²) in [5.74, 6) is -0.315. The van der Waals surface area contributed by atoms with Gasteiger partial charge in [-0.25, -0.2) is 0 Å². The van der Waals surface area contributed by atoms with E-state index in [-0.39, 0.29) is 12.4 Å². The predicted molar refractivity (Wildman–Crippen MR) is 64.9 cm³/mol. The van der Waals surface area contributed by atoms with Gasteiger partial charge < -0.3 is 4.74 Å². The van der Waals surface area contributed by atoms with Gasteiger partial charge in [0.05, 0.1) is 18.6 Å². The van der Waals surface area contributed by atoms with Crippen LogP contribution in [0.2, 0.25) is 10.0 Å². The van der Waals surface area contributed by atoms with E-state index >= 15 is 0 Å². The Labute approximate surface area is 106 Å². The Balaban J connectivity index is 2.98. The third-order valence-electron chi connectivity index (χ3n) is 1.65. The minimum Gasteiger partial charge on any atom is -0.469 e. The molecule has 0 saturated heterocycles. The zero-order valence-electron chi connectivity index (χ0n) is 7.31. The molecule has 0 bridgehead atoms. The first-order chi connectivity index (χ1) is 6.54. The second-order valence-electron chi connectivity index (χ2n) is 2.61. The maximum absolute atomic E-state index is 11.0. The fraction of sp³-hybridized carbons (Fsp3) is 0.222. The molecule has 14 heavy (non-hydrogen) atoms. The van der Waals surface area contributed by atoms with Crippen LogP contribution in [0.4, 0.5) is 0 Å². The number of methoxy groups -OCH3 is 1. The lowest BCUT2D eigenvalue weighted by Crippen LogP contribution is -2.05. The molecule has 5 heteroatoms. The molecule has 0 spiro atoms. The van der Waals surface area contributed by atoms with Crippen LogP contribution in [0.1, 0.15) is 5.56 Å². The van der Waals surface area contributed by atoms with Gasteiger partial charge in [0.15, 0.2) is 0 Å². The van der Waals surface area contributed by atoms with Gasteiger partial charge in [-0.3, -0.25) is 4.79 Å². The SMILES string of the molecule is COC(=O)Cc1cc(I)c(Cl)cc1Cl. The Morgan fingerprint density at radius 3 is 2.64 bits per heavy atom. The van der Waals surface area contributed by atoms with Crippen LogP contribution >= 0.6 is 45.8 Å². The van der Waals surface area contributed by atoms with Crippen molar-refractivity contribution in [2.75, 3.05) is 7.11 Å². The molecule has 0 aliphatic carbocycles. The largest absolute Gasteiger partial charge is 0.469 e. The first kappa shape index (κ1) is 12.1. The van der Waals surface area contributed by atoms with Crippen molar-refractivity contribution in [2.45, 2.75) is 6.42 Å². The van der Waals surface area contributed by atoms with Gasteiger partial charge >= 0.3 is 5.97 Å². The van der Waals surface area contributed by atoms with E-state index in [9.17, 15) is 4.79 Å². The number of ether oxygens (including phenoxy) is 1. The number of hydrogen-bond donors (Lipinski definition) is 0. The summed E-state index contributed by atoms with van der Waals surface area (Å²) in [7, 11) is 1.34. The van der Waals surface area contributed by atoms with Gasteiger partial charge in [0.2, 0.25) is 0 Å². The minimum absolute atomic E-state index is 0.169. The molecule has 0 aliphatic heterocycles. The first-order valence-corrected chi connectivity index (χ1v) is 5.58. The summed E-state index contributed by atoms with van der Waals surface area (Å²) in [6.45, 7) is 0. The first-order valence-electron chi connectivity index (χ1n) is 3.75. The van der Waals surface area contributed by atoms with Crippen molar-refractivity contribution < 1.29 is 9.53 Å². The average Bonchev–Trinajstić information content (AvgIpc) is 2.14. The van der Waals surface area contributed by atoms with Crippen molar-refractivity contribution in [2.24, 2.45) is 0 Å². The van der Waals surface area contributed by atoms with E-state index in [4.69, 9.17) is 23.2 Å². The Morgan fingerprint density at radius 1 is 1.43 bits per heavy atom. The fourth-order valence-electron chi connectivity index (χ4n) is 0.927. The lowest BCUT2D eigenvalue weighted by molar-refractivity contribution is -0.139. The number of carbonyl (C=O) groups is 1. The molecule has 1 rings (SSSR count). The number of halogens is 3. The van der Waals surface area contributed by atoms with Gasteiger partial charge in [0.1, 0.15) is 0 Å². The molecule has 0 N–H and O–H groups in total. The van der Waals surface area contributed by atoms with Gasteiger partial charge in [-0.15, -0.1) is 0 Å². The highest BCUT2D eigenvalue weighted by Crippen LogP contribution is 2.26. The van der Waals surface area contributed by atoms with Crippen molar-refractivity contribution >= 4 is 51.8 Å². The van der Waals surface area contributed by atoms with Crippen molar-refractivity contribution in [1.82, 2.24) is 0 Å². The van der Waals surface area contributed by atoms with E-state index in [0.29, 0.717) is 10.0 Å². The molecule has 1 aromatic rings. The van der Waals surface area contributed by atoms with E-state index in [1.807, 2.05) is 0 Å². The lowest BCUT2D eigenvalue weighted by Gasteiger charge is -2.05. The molecule has 0 saturated carbocycles. The summed E-state index contributed by atoms with van der Waals surface area (Å²) < 4.78 is 5.41. The van der Waals surface area contributed by atoms with Gasteiger partial charge in [-0.2, -0.15) is 0 Å². The molecular weight excluding hydrogens is 338 g/mol. The molecule has 2 nitrogen and oxygen atoms in total. The van der Waals surface area contributed by atoms with E-state index in [1.165, 1.54) is 7.11 Å². The maximum Gasteiger partial charge on any atom is 0.310 e. The summed E-state index contributed by atoms with van der Waals surface area (Å²) in [5.41, 5.74) is 0.729. The van der Waals surface area contributed by atoms with E-state index < -0.39 is 0 Å². The van der Waals surface area contributed by atoms with Crippen LogP contribution in [-0.2, 0) is 16.0 Å². The Hall–Kier alpha value is -0.000000000000000111. The number of benzene rings is 1. The highest BCUT2D eigenvalue weighted by atomic mass is 127. The Bertz CT molecular complexity index is 366. The lowest BCUT2D eigenvalue weighted by atomic mass is 10.1. The summed E-state index contributed by atoms with van der Waals surface area (Å²) in [6.07, 6.45) is 0.169. The van der Waals surface area contributed by atoms with Gasteiger partial charge in [-0.1, -0.05) is 23.2 Å². The number of rotatable bonds is 2.